The van der Waals surface area contributed by atoms with E-state index < -0.39 is 12.1 Å². The molecule has 1 aliphatic heterocycles. The SMILES string of the molecule is COc1ccc(C(=O)COC(=O)C(C)OCC2CCCO2)c(OC)c1. The molecule has 2 rings (SSSR count). The minimum atomic E-state index is -0.755. The zero-order chi connectivity index (χ0) is 18.2. The summed E-state index contributed by atoms with van der Waals surface area (Å²) in [5.74, 6) is -0.0115. The molecule has 25 heavy (non-hydrogen) atoms. The number of ketones is 1. The van der Waals surface area contributed by atoms with Crippen LogP contribution < -0.4 is 9.47 Å². The summed E-state index contributed by atoms with van der Waals surface area (Å²) < 4.78 is 26.2. The normalized spacial score (nSPS) is 17.8. The fraction of sp³-hybridized carbons (Fsp3) is 0.556. The highest BCUT2D eigenvalue weighted by molar-refractivity contribution is 6.00. The molecule has 7 heteroatoms. The standard InChI is InChI=1S/C18H24O7/c1-12(24-10-14-5-4-8-23-14)18(20)25-11-16(19)15-7-6-13(21-2)9-17(15)22-3/h6-7,9,12,14H,4-5,8,10-11H2,1-3H3. The summed E-state index contributed by atoms with van der Waals surface area (Å²) in [7, 11) is 2.98. The van der Waals surface area contributed by atoms with Gasteiger partial charge in [0.15, 0.2) is 12.7 Å². The van der Waals surface area contributed by atoms with Crippen molar-refractivity contribution in [1.29, 1.82) is 0 Å². The van der Waals surface area contributed by atoms with E-state index in [1.807, 2.05) is 0 Å². The van der Waals surface area contributed by atoms with Gasteiger partial charge in [-0.3, -0.25) is 4.79 Å². The topological polar surface area (TPSA) is 80.3 Å². The summed E-state index contributed by atoms with van der Waals surface area (Å²) in [6.07, 6.45) is 1.21. The van der Waals surface area contributed by atoms with Crippen molar-refractivity contribution >= 4 is 11.8 Å². The lowest BCUT2D eigenvalue weighted by atomic mass is 10.1. The Morgan fingerprint density at radius 1 is 1.28 bits per heavy atom. The van der Waals surface area contributed by atoms with E-state index in [9.17, 15) is 9.59 Å². The average Bonchev–Trinajstić information content (AvgIpc) is 3.16. The molecule has 0 saturated carbocycles. The van der Waals surface area contributed by atoms with Gasteiger partial charge in [-0.25, -0.2) is 4.79 Å². The number of benzene rings is 1. The van der Waals surface area contributed by atoms with Crippen molar-refractivity contribution in [3.63, 3.8) is 0 Å². The predicted octanol–water partition coefficient (Wildman–Crippen LogP) is 2.01. The Morgan fingerprint density at radius 3 is 2.72 bits per heavy atom. The average molecular weight is 352 g/mol. The molecular formula is C18H24O7. The van der Waals surface area contributed by atoms with Crippen LogP contribution in [0.2, 0.25) is 0 Å². The number of Topliss-reactive ketones (excluding diaryl/α,β-unsaturated/α-hetero) is 1. The number of carbonyl (C=O) groups is 2. The van der Waals surface area contributed by atoms with E-state index in [0.29, 0.717) is 23.7 Å². The molecule has 0 bridgehead atoms. The maximum Gasteiger partial charge on any atom is 0.335 e. The molecule has 1 fully saturated rings. The smallest absolute Gasteiger partial charge is 0.335 e. The fourth-order valence-electron chi connectivity index (χ4n) is 2.46. The lowest BCUT2D eigenvalue weighted by molar-refractivity contribution is -0.156. The number of hydrogen-bond acceptors (Lipinski definition) is 7. The molecule has 2 atom stereocenters. The maximum absolute atomic E-state index is 12.3. The van der Waals surface area contributed by atoms with Crippen LogP contribution in [0.5, 0.6) is 11.5 Å². The Balaban J connectivity index is 1.83. The summed E-state index contributed by atoms with van der Waals surface area (Å²) in [4.78, 5) is 24.2. The molecular weight excluding hydrogens is 328 g/mol. The molecule has 0 radical (unpaired) electrons. The number of rotatable bonds is 9. The van der Waals surface area contributed by atoms with Gasteiger partial charge < -0.3 is 23.7 Å². The molecule has 1 aromatic rings. The van der Waals surface area contributed by atoms with E-state index in [0.717, 1.165) is 19.4 Å². The Labute approximate surface area is 147 Å². The Hall–Kier alpha value is -2.12. The highest BCUT2D eigenvalue weighted by Crippen LogP contribution is 2.25. The fourth-order valence-corrected chi connectivity index (χ4v) is 2.46. The Morgan fingerprint density at radius 2 is 2.08 bits per heavy atom. The number of ether oxygens (including phenoxy) is 5. The van der Waals surface area contributed by atoms with Crippen molar-refractivity contribution in [2.75, 3.05) is 34.0 Å². The van der Waals surface area contributed by atoms with E-state index >= 15 is 0 Å². The molecule has 1 saturated heterocycles. The number of hydrogen-bond donors (Lipinski definition) is 0. The van der Waals surface area contributed by atoms with Crippen molar-refractivity contribution in [2.24, 2.45) is 0 Å². The summed E-state index contributed by atoms with van der Waals surface area (Å²) in [5.41, 5.74) is 0.323. The summed E-state index contributed by atoms with van der Waals surface area (Å²) in [6, 6.07) is 4.82. The van der Waals surface area contributed by atoms with Crippen molar-refractivity contribution in [2.45, 2.75) is 32.0 Å². The third-order valence-corrected chi connectivity index (χ3v) is 3.94. The van der Waals surface area contributed by atoms with Gasteiger partial charge >= 0.3 is 5.97 Å². The lowest BCUT2D eigenvalue weighted by Gasteiger charge is -2.15. The van der Waals surface area contributed by atoms with Crippen LogP contribution in [0.15, 0.2) is 18.2 Å². The zero-order valence-corrected chi connectivity index (χ0v) is 14.8. The van der Waals surface area contributed by atoms with Gasteiger partial charge in [-0.15, -0.1) is 0 Å². The van der Waals surface area contributed by atoms with Gasteiger partial charge in [-0.1, -0.05) is 0 Å². The van der Waals surface area contributed by atoms with Crippen LogP contribution in [0.4, 0.5) is 0 Å². The second-order valence-electron chi connectivity index (χ2n) is 5.71. The molecule has 1 heterocycles. The summed E-state index contributed by atoms with van der Waals surface area (Å²) >= 11 is 0. The molecule has 2 unspecified atom stereocenters. The van der Waals surface area contributed by atoms with Crippen LogP contribution in [-0.4, -0.2) is 58.0 Å². The van der Waals surface area contributed by atoms with Gasteiger partial charge in [0.25, 0.3) is 0 Å². The maximum atomic E-state index is 12.3. The first-order valence-electron chi connectivity index (χ1n) is 8.20. The third-order valence-electron chi connectivity index (χ3n) is 3.94. The van der Waals surface area contributed by atoms with Crippen LogP contribution in [0, 0.1) is 0 Å². The molecule has 0 aromatic heterocycles. The van der Waals surface area contributed by atoms with Gasteiger partial charge in [0, 0.05) is 12.7 Å². The van der Waals surface area contributed by atoms with Gasteiger partial charge in [-0.05, 0) is 31.9 Å². The van der Waals surface area contributed by atoms with Crippen LogP contribution >= 0.6 is 0 Å². The minimum absolute atomic E-state index is 0.0282. The monoisotopic (exact) mass is 352 g/mol. The molecule has 0 spiro atoms. The number of esters is 1. The zero-order valence-electron chi connectivity index (χ0n) is 14.8. The van der Waals surface area contributed by atoms with Crippen molar-refractivity contribution in [3.8, 4) is 11.5 Å². The first kappa shape index (κ1) is 19.2. The number of methoxy groups -OCH3 is 2. The summed E-state index contributed by atoms with van der Waals surface area (Å²) in [6.45, 7) is 2.28. The second kappa shape index (κ2) is 9.39. The summed E-state index contributed by atoms with van der Waals surface area (Å²) in [5, 5.41) is 0. The van der Waals surface area contributed by atoms with Gasteiger partial charge in [0.05, 0.1) is 32.5 Å². The van der Waals surface area contributed by atoms with Crippen molar-refractivity contribution in [1.82, 2.24) is 0 Å². The van der Waals surface area contributed by atoms with E-state index in [2.05, 4.69) is 0 Å². The minimum Gasteiger partial charge on any atom is -0.497 e. The van der Waals surface area contributed by atoms with Crippen molar-refractivity contribution in [3.05, 3.63) is 23.8 Å². The van der Waals surface area contributed by atoms with Crippen LogP contribution in [0.1, 0.15) is 30.1 Å². The van der Waals surface area contributed by atoms with Gasteiger partial charge in [0.2, 0.25) is 5.78 Å². The molecule has 7 nitrogen and oxygen atoms in total. The molecule has 138 valence electrons. The van der Waals surface area contributed by atoms with Crippen LogP contribution in [0.3, 0.4) is 0 Å². The number of carbonyl (C=O) groups excluding carboxylic acids is 2. The van der Waals surface area contributed by atoms with Gasteiger partial charge in [-0.2, -0.15) is 0 Å². The van der Waals surface area contributed by atoms with E-state index in [4.69, 9.17) is 23.7 Å². The quantitative estimate of drug-likeness (QED) is 0.497. The first-order chi connectivity index (χ1) is 12.0. The third kappa shape index (κ3) is 5.44. The van der Waals surface area contributed by atoms with Crippen LogP contribution in [0.25, 0.3) is 0 Å². The molecule has 0 N–H and O–H groups in total. The first-order valence-corrected chi connectivity index (χ1v) is 8.20. The molecule has 1 aromatic carbocycles. The van der Waals surface area contributed by atoms with Gasteiger partial charge in [0.1, 0.15) is 11.5 Å². The molecule has 0 amide bonds. The lowest BCUT2D eigenvalue weighted by Crippen LogP contribution is -2.29. The highest BCUT2D eigenvalue weighted by Gasteiger charge is 2.22. The molecule has 1 aliphatic rings. The van der Waals surface area contributed by atoms with Crippen LogP contribution in [-0.2, 0) is 19.0 Å². The molecule has 0 aliphatic carbocycles. The second-order valence-corrected chi connectivity index (χ2v) is 5.71. The Kier molecular flexibility index (Phi) is 7.21. The van der Waals surface area contributed by atoms with E-state index in [1.54, 1.807) is 25.1 Å². The highest BCUT2D eigenvalue weighted by atomic mass is 16.6. The van der Waals surface area contributed by atoms with E-state index in [-0.39, 0.29) is 18.5 Å². The Bertz CT molecular complexity index is 593. The van der Waals surface area contributed by atoms with E-state index in [1.165, 1.54) is 14.2 Å². The largest absolute Gasteiger partial charge is 0.497 e. The van der Waals surface area contributed by atoms with Crippen molar-refractivity contribution < 1.29 is 33.3 Å². The predicted molar refractivity (Wildman–Crippen MR) is 89.2 cm³/mol.